The van der Waals surface area contributed by atoms with Gasteiger partial charge in [0.05, 0.1) is 6.20 Å². The number of tetrazole rings is 1. The Labute approximate surface area is 61.9 Å². The van der Waals surface area contributed by atoms with E-state index in [2.05, 4.69) is 25.4 Å². The number of rotatable bonds is 1. The third-order valence-electron chi connectivity index (χ3n) is 1.10. The summed E-state index contributed by atoms with van der Waals surface area (Å²) in [6.45, 7) is 0. The molecule has 2 aromatic heterocycles. The molecule has 2 aromatic rings. The average molecular weight is 148 g/mol. The van der Waals surface area contributed by atoms with E-state index in [0.717, 1.165) is 0 Å². The van der Waals surface area contributed by atoms with Gasteiger partial charge in [0.25, 0.3) is 0 Å². The molecule has 2 heterocycles. The zero-order chi connectivity index (χ0) is 7.52. The Bertz CT molecular complexity index is 314. The smallest absolute Gasteiger partial charge is 0.194 e. The molecule has 0 N–H and O–H groups in total. The van der Waals surface area contributed by atoms with Crippen molar-refractivity contribution >= 4 is 0 Å². The fourth-order valence-corrected chi connectivity index (χ4v) is 0.667. The fourth-order valence-electron chi connectivity index (χ4n) is 0.667. The molecular weight excluding hydrogens is 144 g/mol. The second-order valence-corrected chi connectivity index (χ2v) is 1.79. The van der Waals surface area contributed by atoms with Gasteiger partial charge in [-0.25, -0.2) is 4.98 Å². The first kappa shape index (κ1) is 5.90. The largest absolute Gasteiger partial charge is 0.259 e. The van der Waals surface area contributed by atoms with E-state index in [1.807, 2.05) is 0 Å². The number of aromatic nitrogens is 6. The zero-order valence-corrected chi connectivity index (χ0v) is 5.49. The Balaban J connectivity index is 2.46. The van der Waals surface area contributed by atoms with Crippen LogP contribution in [0.15, 0.2) is 24.9 Å². The molecule has 0 bridgehead atoms. The van der Waals surface area contributed by atoms with Gasteiger partial charge in [0.1, 0.15) is 0 Å². The second kappa shape index (κ2) is 2.41. The first-order chi connectivity index (χ1) is 5.47. The van der Waals surface area contributed by atoms with Crippen LogP contribution < -0.4 is 0 Å². The number of hydrogen-bond donors (Lipinski definition) is 0. The van der Waals surface area contributed by atoms with Crippen molar-refractivity contribution in [1.29, 1.82) is 0 Å². The highest BCUT2D eigenvalue weighted by atomic mass is 15.6. The minimum Gasteiger partial charge on any atom is -0.259 e. The molecule has 0 aliphatic rings. The van der Waals surface area contributed by atoms with Gasteiger partial charge in [0.2, 0.25) is 0 Å². The van der Waals surface area contributed by atoms with E-state index in [1.54, 1.807) is 18.6 Å². The van der Waals surface area contributed by atoms with Crippen LogP contribution in [-0.4, -0.2) is 30.2 Å². The van der Waals surface area contributed by atoms with Gasteiger partial charge < -0.3 is 0 Å². The van der Waals surface area contributed by atoms with Gasteiger partial charge in [-0.2, -0.15) is 0 Å². The zero-order valence-electron chi connectivity index (χ0n) is 5.49. The number of hydrogen-bond acceptors (Lipinski definition) is 5. The van der Waals surface area contributed by atoms with Gasteiger partial charge in [0.15, 0.2) is 12.1 Å². The maximum absolute atomic E-state index is 3.96. The van der Waals surface area contributed by atoms with Crippen LogP contribution in [0.5, 0.6) is 0 Å². The standard InChI is InChI=1S/C5H4N6/c1-2-7-5(3-6-1)11-9-4-8-10-11/h1-4H. The van der Waals surface area contributed by atoms with E-state index >= 15 is 0 Å². The van der Waals surface area contributed by atoms with E-state index in [0.29, 0.717) is 5.82 Å². The minimum absolute atomic E-state index is 0.560. The first-order valence-corrected chi connectivity index (χ1v) is 2.96. The summed E-state index contributed by atoms with van der Waals surface area (Å²) in [4.78, 5) is 9.10. The summed E-state index contributed by atoms with van der Waals surface area (Å²) in [5.74, 6) is 0.560. The second-order valence-electron chi connectivity index (χ2n) is 1.79. The maximum atomic E-state index is 3.96. The topological polar surface area (TPSA) is 69.4 Å². The van der Waals surface area contributed by atoms with Crippen molar-refractivity contribution in [3.63, 3.8) is 0 Å². The molecule has 0 atom stereocenters. The van der Waals surface area contributed by atoms with E-state index in [4.69, 9.17) is 0 Å². The third kappa shape index (κ3) is 1.05. The Morgan fingerprint density at radius 2 is 2.27 bits per heavy atom. The summed E-state index contributed by atoms with van der Waals surface area (Å²) in [5.41, 5.74) is 0. The van der Waals surface area contributed by atoms with E-state index in [1.165, 1.54) is 11.1 Å². The molecule has 0 aliphatic heterocycles. The SMILES string of the molecule is c1cnc(-n2ncnn2)cn1. The van der Waals surface area contributed by atoms with Crippen LogP contribution in [0.2, 0.25) is 0 Å². The fraction of sp³-hybridized carbons (Fsp3) is 0. The van der Waals surface area contributed by atoms with Crippen molar-refractivity contribution in [2.24, 2.45) is 0 Å². The van der Waals surface area contributed by atoms with E-state index < -0.39 is 0 Å². The lowest BCUT2D eigenvalue weighted by Gasteiger charge is -1.92. The van der Waals surface area contributed by atoms with Gasteiger partial charge >= 0.3 is 0 Å². The molecule has 0 aromatic carbocycles. The molecule has 0 saturated heterocycles. The molecule has 0 amide bonds. The van der Waals surface area contributed by atoms with Crippen LogP contribution >= 0.6 is 0 Å². The molecule has 0 radical (unpaired) electrons. The van der Waals surface area contributed by atoms with Crippen LogP contribution in [0.3, 0.4) is 0 Å². The summed E-state index contributed by atoms with van der Waals surface area (Å²) < 4.78 is 0. The highest BCUT2D eigenvalue weighted by Gasteiger charge is 1.96. The highest BCUT2D eigenvalue weighted by molar-refractivity contribution is 5.10. The molecule has 0 saturated carbocycles. The summed E-state index contributed by atoms with van der Waals surface area (Å²) in [7, 11) is 0. The van der Waals surface area contributed by atoms with E-state index in [9.17, 15) is 0 Å². The monoisotopic (exact) mass is 148 g/mol. The van der Waals surface area contributed by atoms with Crippen LogP contribution in [0, 0.1) is 0 Å². The number of nitrogens with zero attached hydrogens (tertiary/aromatic N) is 6. The van der Waals surface area contributed by atoms with Crippen LogP contribution in [-0.2, 0) is 0 Å². The van der Waals surface area contributed by atoms with Gasteiger partial charge in [-0.05, 0) is 5.21 Å². The highest BCUT2D eigenvalue weighted by Crippen LogP contribution is 1.92. The lowest BCUT2D eigenvalue weighted by Crippen LogP contribution is -2.01. The molecule has 0 spiro atoms. The van der Waals surface area contributed by atoms with Crippen molar-refractivity contribution in [2.45, 2.75) is 0 Å². The van der Waals surface area contributed by atoms with Gasteiger partial charge in [0, 0.05) is 12.4 Å². The van der Waals surface area contributed by atoms with Gasteiger partial charge in [-0.3, -0.25) is 4.98 Å². The van der Waals surface area contributed by atoms with E-state index in [-0.39, 0.29) is 0 Å². The third-order valence-corrected chi connectivity index (χ3v) is 1.10. The minimum atomic E-state index is 0.560. The molecule has 6 nitrogen and oxygen atoms in total. The predicted molar refractivity (Wildman–Crippen MR) is 34.7 cm³/mol. The van der Waals surface area contributed by atoms with Crippen LogP contribution in [0.4, 0.5) is 0 Å². The quantitative estimate of drug-likeness (QED) is 0.542. The molecule has 6 heteroatoms. The van der Waals surface area contributed by atoms with Crippen molar-refractivity contribution in [1.82, 2.24) is 30.2 Å². The molecule has 0 unspecified atom stereocenters. The summed E-state index contributed by atoms with van der Waals surface area (Å²) in [6, 6.07) is 0. The summed E-state index contributed by atoms with van der Waals surface area (Å²) >= 11 is 0. The van der Waals surface area contributed by atoms with Crippen molar-refractivity contribution in [3.8, 4) is 5.82 Å². The van der Waals surface area contributed by atoms with Crippen LogP contribution in [0.1, 0.15) is 0 Å². The van der Waals surface area contributed by atoms with Gasteiger partial charge in [-0.15, -0.1) is 15.0 Å². The Morgan fingerprint density at radius 1 is 1.27 bits per heavy atom. The van der Waals surface area contributed by atoms with Crippen molar-refractivity contribution in [3.05, 3.63) is 24.9 Å². The molecule has 54 valence electrons. The molecule has 0 fully saturated rings. The Kier molecular flexibility index (Phi) is 1.29. The molecule has 0 aliphatic carbocycles. The lowest BCUT2D eigenvalue weighted by atomic mass is 10.7. The maximum Gasteiger partial charge on any atom is 0.194 e. The average Bonchev–Trinajstić information content (AvgIpc) is 2.58. The normalized spacial score (nSPS) is 9.82. The molecular formula is C5H4N6. The Hall–Kier alpha value is -1.85. The van der Waals surface area contributed by atoms with Crippen molar-refractivity contribution < 1.29 is 0 Å². The van der Waals surface area contributed by atoms with Crippen molar-refractivity contribution in [2.75, 3.05) is 0 Å². The molecule has 11 heavy (non-hydrogen) atoms. The van der Waals surface area contributed by atoms with Gasteiger partial charge in [-0.1, -0.05) is 0 Å². The predicted octanol–water partition coefficient (Wildman–Crippen LogP) is -0.548. The summed E-state index contributed by atoms with van der Waals surface area (Å²) in [5, 5.41) is 11.0. The molecule has 2 rings (SSSR count). The Morgan fingerprint density at radius 3 is 2.91 bits per heavy atom. The lowest BCUT2D eigenvalue weighted by molar-refractivity contribution is 0.696. The first-order valence-electron chi connectivity index (χ1n) is 2.96. The summed E-state index contributed by atoms with van der Waals surface area (Å²) in [6.07, 6.45) is 6.05. The van der Waals surface area contributed by atoms with Crippen LogP contribution in [0.25, 0.3) is 5.82 Å².